The standard InChI is InChI=1S/C18H25N3O3/c1-12(18(23)14-5-8-16(24-4)9-6-14)20-17(22)10-7-15-11-19-21(3)13(15)2/h5-6,8-9,11-12,18,23H,7,10H2,1-4H3,(H,20,22). The van der Waals surface area contributed by atoms with E-state index in [9.17, 15) is 9.90 Å². The lowest BCUT2D eigenvalue weighted by atomic mass is 10.0. The minimum absolute atomic E-state index is 0.0849. The van der Waals surface area contributed by atoms with Crippen molar-refractivity contribution in [3.05, 3.63) is 47.3 Å². The summed E-state index contributed by atoms with van der Waals surface area (Å²) in [4.78, 5) is 12.1. The van der Waals surface area contributed by atoms with E-state index in [-0.39, 0.29) is 11.9 Å². The van der Waals surface area contributed by atoms with Crippen LogP contribution in [0.2, 0.25) is 0 Å². The minimum Gasteiger partial charge on any atom is -0.497 e. The number of hydrogen-bond donors (Lipinski definition) is 2. The van der Waals surface area contributed by atoms with Crippen LogP contribution in [0.1, 0.15) is 36.3 Å². The fourth-order valence-corrected chi connectivity index (χ4v) is 2.53. The summed E-state index contributed by atoms with van der Waals surface area (Å²) in [6, 6.07) is 6.80. The normalized spacial score (nSPS) is 13.4. The Labute approximate surface area is 142 Å². The van der Waals surface area contributed by atoms with Gasteiger partial charge in [-0.15, -0.1) is 0 Å². The first-order chi connectivity index (χ1) is 11.4. The Hall–Kier alpha value is -2.34. The molecule has 6 heteroatoms. The Bertz CT molecular complexity index is 679. The van der Waals surface area contributed by atoms with Crippen LogP contribution in [-0.2, 0) is 18.3 Å². The summed E-state index contributed by atoms with van der Waals surface area (Å²) in [6.07, 6.45) is 2.03. The van der Waals surface area contributed by atoms with Crippen molar-refractivity contribution in [1.29, 1.82) is 0 Å². The molecule has 6 nitrogen and oxygen atoms in total. The fraction of sp³-hybridized carbons (Fsp3) is 0.444. The van der Waals surface area contributed by atoms with Crippen molar-refractivity contribution in [3.63, 3.8) is 0 Å². The summed E-state index contributed by atoms with van der Waals surface area (Å²) in [5.41, 5.74) is 2.87. The van der Waals surface area contributed by atoms with Gasteiger partial charge in [-0.2, -0.15) is 5.10 Å². The number of aryl methyl sites for hydroxylation is 2. The lowest BCUT2D eigenvalue weighted by molar-refractivity contribution is -0.122. The van der Waals surface area contributed by atoms with Gasteiger partial charge in [-0.1, -0.05) is 12.1 Å². The van der Waals surface area contributed by atoms with Crippen molar-refractivity contribution in [2.24, 2.45) is 7.05 Å². The van der Waals surface area contributed by atoms with Crippen LogP contribution in [0, 0.1) is 6.92 Å². The van der Waals surface area contributed by atoms with Crippen molar-refractivity contribution in [2.75, 3.05) is 7.11 Å². The van der Waals surface area contributed by atoms with Gasteiger partial charge in [-0.05, 0) is 43.5 Å². The molecule has 0 saturated heterocycles. The third-order valence-electron chi connectivity index (χ3n) is 4.28. The van der Waals surface area contributed by atoms with E-state index in [1.807, 2.05) is 14.0 Å². The molecule has 1 heterocycles. The number of aromatic nitrogens is 2. The molecule has 1 amide bonds. The van der Waals surface area contributed by atoms with Crippen LogP contribution in [0.15, 0.2) is 30.5 Å². The quantitative estimate of drug-likeness (QED) is 0.812. The molecule has 0 fully saturated rings. The maximum atomic E-state index is 12.1. The van der Waals surface area contributed by atoms with E-state index < -0.39 is 6.10 Å². The topological polar surface area (TPSA) is 76.4 Å². The van der Waals surface area contributed by atoms with Gasteiger partial charge in [0.05, 0.1) is 25.5 Å². The number of hydrogen-bond acceptors (Lipinski definition) is 4. The summed E-state index contributed by atoms with van der Waals surface area (Å²) in [6.45, 7) is 3.78. The van der Waals surface area contributed by atoms with Crippen LogP contribution >= 0.6 is 0 Å². The van der Waals surface area contributed by atoms with Crippen molar-refractivity contribution in [3.8, 4) is 5.75 Å². The van der Waals surface area contributed by atoms with Crippen molar-refractivity contribution in [2.45, 2.75) is 38.8 Å². The zero-order valence-electron chi connectivity index (χ0n) is 14.6. The molecule has 0 aliphatic rings. The fourth-order valence-electron chi connectivity index (χ4n) is 2.53. The molecule has 0 radical (unpaired) electrons. The average Bonchev–Trinajstić information content (AvgIpc) is 2.91. The molecule has 2 aromatic rings. The Morgan fingerprint density at radius 1 is 1.38 bits per heavy atom. The van der Waals surface area contributed by atoms with Gasteiger partial charge in [0.25, 0.3) is 0 Å². The summed E-state index contributed by atoms with van der Waals surface area (Å²) < 4.78 is 6.90. The van der Waals surface area contributed by atoms with E-state index in [0.29, 0.717) is 12.8 Å². The van der Waals surface area contributed by atoms with Gasteiger partial charge in [0.2, 0.25) is 5.91 Å². The molecule has 130 valence electrons. The Morgan fingerprint density at radius 3 is 2.58 bits per heavy atom. The first-order valence-electron chi connectivity index (χ1n) is 8.01. The molecule has 0 spiro atoms. The highest BCUT2D eigenvalue weighted by atomic mass is 16.5. The smallest absolute Gasteiger partial charge is 0.220 e. The average molecular weight is 331 g/mol. The van der Waals surface area contributed by atoms with Crippen LogP contribution in [-0.4, -0.2) is 33.9 Å². The summed E-state index contributed by atoms with van der Waals surface area (Å²) in [7, 11) is 3.48. The molecule has 0 aliphatic heterocycles. The van der Waals surface area contributed by atoms with Gasteiger partial charge in [-0.25, -0.2) is 0 Å². The highest BCUT2D eigenvalue weighted by Gasteiger charge is 2.18. The van der Waals surface area contributed by atoms with Gasteiger partial charge in [0.1, 0.15) is 5.75 Å². The van der Waals surface area contributed by atoms with Gasteiger partial charge >= 0.3 is 0 Å². The van der Waals surface area contributed by atoms with Crippen LogP contribution in [0.4, 0.5) is 0 Å². The first kappa shape index (κ1) is 18.0. The van der Waals surface area contributed by atoms with Gasteiger partial charge in [0.15, 0.2) is 0 Å². The molecular weight excluding hydrogens is 306 g/mol. The maximum Gasteiger partial charge on any atom is 0.220 e. The van der Waals surface area contributed by atoms with Crippen molar-refractivity contribution >= 4 is 5.91 Å². The number of nitrogens with zero attached hydrogens (tertiary/aromatic N) is 2. The summed E-state index contributed by atoms with van der Waals surface area (Å²) in [5, 5.41) is 17.4. The first-order valence-corrected chi connectivity index (χ1v) is 8.01. The number of nitrogens with one attached hydrogen (secondary N) is 1. The zero-order chi connectivity index (χ0) is 17.7. The number of aliphatic hydroxyl groups is 1. The molecule has 2 N–H and O–H groups in total. The van der Waals surface area contributed by atoms with E-state index in [1.165, 1.54) is 0 Å². The Balaban J connectivity index is 1.86. The monoisotopic (exact) mass is 331 g/mol. The molecular formula is C18H25N3O3. The van der Waals surface area contributed by atoms with E-state index in [0.717, 1.165) is 22.6 Å². The number of aliphatic hydroxyl groups excluding tert-OH is 1. The highest BCUT2D eigenvalue weighted by Crippen LogP contribution is 2.20. The summed E-state index contributed by atoms with van der Waals surface area (Å²) in [5.74, 6) is 0.646. The van der Waals surface area contributed by atoms with Crippen LogP contribution in [0.3, 0.4) is 0 Å². The second-order valence-corrected chi connectivity index (χ2v) is 5.95. The number of amides is 1. The predicted octanol–water partition coefficient (Wildman–Crippen LogP) is 1.91. The number of methoxy groups -OCH3 is 1. The third kappa shape index (κ3) is 4.35. The van der Waals surface area contributed by atoms with E-state index >= 15 is 0 Å². The maximum absolute atomic E-state index is 12.1. The molecule has 0 aliphatic carbocycles. The lowest BCUT2D eigenvalue weighted by Gasteiger charge is -2.21. The SMILES string of the molecule is COc1ccc(C(O)C(C)NC(=O)CCc2cnn(C)c2C)cc1. The van der Waals surface area contributed by atoms with Gasteiger partial charge < -0.3 is 15.2 Å². The number of carbonyl (C=O) groups is 1. The van der Waals surface area contributed by atoms with Crippen molar-refractivity contribution in [1.82, 2.24) is 15.1 Å². The molecule has 0 saturated carbocycles. The summed E-state index contributed by atoms with van der Waals surface area (Å²) >= 11 is 0. The molecule has 24 heavy (non-hydrogen) atoms. The van der Waals surface area contributed by atoms with E-state index in [4.69, 9.17) is 4.74 Å². The van der Waals surface area contributed by atoms with E-state index in [1.54, 1.807) is 49.2 Å². The molecule has 2 rings (SSSR count). The van der Waals surface area contributed by atoms with Crippen LogP contribution in [0.25, 0.3) is 0 Å². The largest absolute Gasteiger partial charge is 0.497 e. The van der Waals surface area contributed by atoms with Crippen LogP contribution in [0.5, 0.6) is 5.75 Å². The lowest BCUT2D eigenvalue weighted by Crippen LogP contribution is -2.37. The zero-order valence-corrected chi connectivity index (χ0v) is 14.6. The van der Waals surface area contributed by atoms with Gasteiger partial charge in [-0.3, -0.25) is 9.48 Å². The molecule has 1 aromatic heterocycles. The van der Waals surface area contributed by atoms with Crippen LogP contribution < -0.4 is 10.1 Å². The Morgan fingerprint density at radius 2 is 2.04 bits per heavy atom. The van der Waals surface area contributed by atoms with E-state index in [2.05, 4.69) is 10.4 Å². The molecule has 2 atom stereocenters. The molecule has 0 bridgehead atoms. The highest BCUT2D eigenvalue weighted by molar-refractivity contribution is 5.76. The van der Waals surface area contributed by atoms with Gasteiger partial charge in [0, 0.05) is 19.2 Å². The molecule has 2 unspecified atom stereocenters. The minimum atomic E-state index is -0.764. The Kier molecular flexibility index (Phi) is 5.98. The second-order valence-electron chi connectivity index (χ2n) is 5.95. The second kappa shape index (κ2) is 7.97. The number of benzene rings is 1. The number of ether oxygens (including phenoxy) is 1. The number of carbonyl (C=O) groups excluding carboxylic acids is 1. The molecule has 1 aromatic carbocycles. The number of rotatable bonds is 7. The van der Waals surface area contributed by atoms with Crippen molar-refractivity contribution < 1.29 is 14.6 Å². The predicted molar refractivity (Wildman–Crippen MR) is 91.8 cm³/mol. The third-order valence-corrected chi connectivity index (χ3v) is 4.28.